The number of nitrogens with one attached hydrogen (secondary N) is 1. The van der Waals surface area contributed by atoms with Crippen molar-refractivity contribution in [3.8, 4) is 0 Å². The fraction of sp³-hybridized carbons (Fsp3) is 0.375. The standard InChI is InChI=1S/C16H22N4O.ClH/c1-13(12-20-9-5-8-19-20)11-18-16(21)15(17)10-14-6-3-2-4-7-14;/h2-9,13,15H,10-12,17H2,1H3,(H,18,21);1H. The number of hydrogen-bond donors (Lipinski definition) is 2. The van der Waals surface area contributed by atoms with Crippen molar-refractivity contribution in [3.63, 3.8) is 0 Å². The molecule has 2 rings (SSSR count). The highest BCUT2D eigenvalue weighted by molar-refractivity contribution is 5.85. The predicted octanol–water partition coefficient (Wildman–Crippen LogP) is 1.63. The van der Waals surface area contributed by atoms with Gasteiger partial charge >= 0.3 is 0 Å². The third kappa shape index (κ3) is 5.87. The van der Waals surface area contributed by atoms with Gasteiger partial charge in [0.25, 0.3) is 0 Å². The van der Waals surface area contributed by atoms with Gasteiger partial charge in [-0.2, -0.15) is 5.10 Å². The monoisotopic (exact) mass is 322 g/mol. The summed E-state index contributed by atoms with van der Waals surface area (Å²) in [6.07, 6.45) is 4.22. The summed E-state index contributed by atoms with van der Waals surface area (Å²) >= 11 is 0. The molecule has 0 radical (unpaired) electrons. The first-order valence-corrected chi connectivity index (χ1v) is 7.20. The molecule has 0 saturated carbocycles. The Hall–Kier alpha value is -1.85. The number of nitrogens with two attached hydrogens (primary N) is 1. The van der Waals surface area contributed by atoms with Gasteiger partial charge in [-0.25, -0.2) is 0 Å². The third-order valence-electron chi connectivity index (χ3n) is 3.32. The number of hydrogen-bond acceptors (Lipinski definition) is 3. The number of carbonyl (C=O) groups excluding carboxylic acids is 1. The van der Waals surface area contributed by atoms with E-state index in [-0.39, 0.29) is 18.3 Å². The molecule has 1 aromatic carbocycles. The maximum Gasteiger partial charge on any atom is 0.237 e. The van der Waals surface area contributed by atoms with Gasteiger partial charge < -0.3 is 11.1 Å². The van der Waals surface area contributed by atoms with Crippen LogP contribution in [0.5, 0.6) is 0 Å². The van der Waals surface area contributed by atoms with Crippen molar-refractivity contribution in [2.24, 2.45) is 11.7 Å². The summed E-state index contributed by atoms with van der Waals surface area (Å²) in [5.41, 5.74) is 7.02. The summed E-state index contributed by atoms with van der Waals surface area (Å²) in [5, 5.41) is 7.06. The van der Waals surface area contributed by atoms with E-state index in [1.54, 1.807) is 6.20 Å². The zero-order valence-electron chi connectivity index (χ0n) is 12.7. The van der Waals surface area contributed by atoms with E-state index in [2.05, 4.69) is 17.3 Å². The largest absolute Gasteiger partial charge is 0.354 e. The molecule has 0 fully saturated rings. The van der Waals surface area contributed by atoms with Crippen molar-refractivity contribution >= 4 is 18.3 Å². The van der Waals surface area contributed by atoms with Gasteiger partial charge in [-0.1, -0.05) is 37.3 Å². The van der Waals surface area contributed by atoms with E-state index in [9.17, 15) is 4.79 Å². The SMILES string of the molecule is CC(CNC(=O)C(N)Cc1ccccc1)Cn1cccn1.Cl. The lowest BCUT2D eigenvalue weighted by Gasteiger charge is -2.16. The number of benzene rings is 1. The van der Waals surface area contributed by atoms with Crippen molar-refractivity contribution in [2.75, 3.05) is 6.54 Å². The molecular formula is C16H23ClN4O. The molecule has 0 bridgehead atoms. The number of carbonyl (C=O) groups is 1. The highest BCUT2D eigenvalue weighted by Crippen LogP contribution is 2.02. The van der Waals surface area contributed by atoms with Crippen LogP contribution in [-0.4, -0.2) is 28.3 Å². The van der Waals surface area contributed by atoms with Gasteiger partial charge in [-0.05, 0) is 24.0 Å². The van der Waals surface area contributed by atoms with E-state index in [0.29, 0.717) is 18.9 Å². The summed E-state index contributed by atoms with van der Waals surface area (Å²) in [4.78, 5) is 12.0. The minimum Gasteiger partial charge on any atom is -0.354 e. The molecule has 0 aliphatic heterocycles. The number of nitrogens with zero attached hydrogens (tertiary/aromatic N) is 2. The second kappa shape index (κ2) is 9.23. The van der Waals surface area contributed by atoms with E-state index in [0.717, 1.165) is 12.1 Å². The van der Waals surface area contributed by atoms with Crippen molar-refractivity contribution < 1.29 is 4.79 Å². The van der Waals surface area contributed by atoms with Gasteiger partial charge in [-0.15, -0.1) is 12.4 Å². The second-order valence-electron chi connectivity index (χ2n) is 5.37. The normalized spacial score (nSPS) is 13.0. The molecule has 2 unspecified atom stereocenters. The lowest BCUT2D eigenvalue weighted by atomic mass is 10.1. The number of halogens is 1. The average molecular weight is 323 g/mol. The first kappa shape index (κ1) is 18.2. The van der Waals surface area contributed by atoms with Crippen LogP contribution in [0.25, 0.3) is 0 Å². The van der Waals surface area contributed by atoms with Crippen LogP contribution in [-0.2, 0) is 17.8 Å². The summed E-state index contributed by atoms with van der Waals surface area (Å²) in [6.45, 7) is 3.45. The molecular weight excluding hydrogens is 300 g/mol. The van der Waals surface area contributed by atoms with Crippen LogP contribution < -0.4 is 11.1 Å². The van der Waals surface area contributed by atoms with Gasteiger partial charge in [0.2, 0.25) is 5.91 Å². The fourth-order valence-corrected chi connectivity index (χ4v) is 2.16. The molecule has 1 heterocycles. The number of aromatic nitrogens is 2. The molecule has 0 aliphatic carbocycles. The maximum atomic E-state index is 12.0. The van der Waals surface area contributed by atoms with Crippen molar-refractivity contribution in [2.45, 2.75) is 25.9 Å². The Labute approximate surface area is 137 Å². The van der Waals surface area contributed by atoms with Gasteiger partial charge in [-0.3, -0.25) is 9.48 Å². The summed E-state index contributed by atoms with van der Waals surface area (Å²) in [6, 6.07) is 11.2. The third-order valence-corrected chi connectivity index (χ3v) is 3.32. The summed E-state index contributed by atoms with van der Waals surface area (Å²) in [7, 11) is 0. The maximum absolute atomic E-state index is 12.0. The Bertz CT molecular complexity index is 545. The molecule has 1 amide bonds. The molecule has 0 saturated heterocycles. The minimum absolute atomic E-state index is 0. The Morgan fingerprint density at radius 2 is 2.05 bits per heavy atom. The quantitative estimate of drug-likeness (QED) is 0.813. The number of amides is 1. The minimum atomic E-state index is -0.510. The molecule has 2 aromatic rings. The van der Waals surface area contributed by atoms with Gasteiger partial charge in [0.1, 0.15) is 0 Å². The summed E-state index contributed by atoms with van der Waals surface area (Å²) in [5.74, 6) is 0.198. The van der Waals surface area contributed by atoms with Crippen molar-refractivity contribution in [1.29, 1.82) is 0 Å². The van der Waals surface area contributed by atoms with E-state index in [4.69, 9.17) is 5.73 Å². The van der Waals surface area contributed by atoms with E-state index in [1.165, 1.54) is 0 Å². The molecule has 2 atom stereocenters. The van der Waals surface area contributed by atoms with Gasteiger partial charge in [0.15, 0.2) is 0 Å². The Kier molecular flexibility index (Phi) is 7.63. The van der Waals surface area contributed by atoms with Crippen LogP contribution in [0, 0.1) is 5.92 Å². The lowest BCUT2D eigenvalue weighted by molar-refractivity contribution is -0.122. The predicted molar refractivity (Wildman–Crippen MR) is 89.8 cm³/mol. The average Bonchev–Trinajstić information content (AvgIpc) is 2.98. The van der Waals surface area contributed by atoms with Crippen LogP contribution in [0.3, 0.4) is 0 Å². The molecule has 5 nitrogen and oxygen atoms in total. The van der Waals surface area contributed by atoms with Crippen LogP contribution in [0.4, 0.5) is 0 Å². The Morgan fingerprint density at radius 1 is 1.32 bits per heavy atom. The highest BCUT2D eigenvalue weighted by Gasteiger charge is 2.14. The lowest BCUT2D eigenvalue weighted by Crippen LogP contribution is -2.43. The van der Waals surface area contributed by atoms with Crippen molar-refractivity contribution in [3.05, 3.63) is 54.4 Å². The Morgan fingerprint density at radius 3 is 2.68 bits per heavy atom. The van der Waals surface area contributed by atoms with Crippen LogP contribution in [0.1, 0.15) is 12.5 Å². The van der Waals surface area contributed by atoms with E-state index < -0.39 is 6.04 Å². The second-order valence-corrected chi connectivity index (χ2v) is 5.37. The molecule has 1 aromatic heterocycles. The molecule has 6 heteroatoms. The zero-order valence-corrected chi connectivity index (χ0v) is 13.5. The molecule has 22 heavy (non-hydrogen) atoms. The van der Waals surface area contributed by atoms with Crippen molar-refractivity contribution in [1.82, 2.24) is 15.1 Å². The molecule has 120 valence electrons. The fourth-order valence-electron chi connectivity index (χ4n) is 2.16. The van der Waals surface area contributed by atoms with Crippen LogP contribution in [0.2, 0.25) is 0 Å². The van der Waals surface area contributed by atoms with Gasteiger partial charge in [0.05, 0.1) is 6.04 Å². The summed E-state index contributed by atoms with van der Waals surface area (Å²) < 4.78 is 1.86. The molecule has 3 N–H and O–H groups in total. The topological polar surface area (TPSA) is 72.9 Å². The van der Waals surface area contributed by atoms with Crippen LogP contribution in [0.15, 0.2) is 48.8 Å². The highest BCUT2D eigenvalue weighted by atomic mass is 35.5. The first-order valence-electron chi connectivity index (χ1n) is 7.20. The molecule has 0 aliphatic rings. The smallest absolute Gasteiger partial charge is 0.237 e. The van der Waals surface area contributed by atoms with Gasteiger partial charge in [0, 0.05) is 25.5 Å². The van der Waals surface area contributed by atoms with E-state index >= 15 is 0 Å². The Balaban J connectivity index is 0.00000242. The molecule has 0 spiro atoms. The van der Waals surface area contributed by atoms with Crippen LogP contribution >= 0.6 is 12.4 Å². The zero-order chi connectivity index (χ0) is 15.1. The van der Waals surface area contributed by atoms with E-state index in [1.807, 2.05) is 47.3 Å². The first-order chi connectivity index (χ1) is 10.1. The number of rotatable bonds is 7.